The lowest BCUT2D eigenvalue weighted by atomic mass is 9.98. The molecule has 0 bridgehead atoms. The number of aliphatic carboxylic acids is 1. The molecule has 0 aliphatic carbocycles. The highest BCUT2D eigenvalue weighted by molar-refractivity contribution is 5.87. The van der Waals surface area contributed by atoms with Gasteiger partial charge in [0.15, 0.2) is 6.04 Å². The van der Waals surface area contributed by atoms with Crippen molar-refractivity contribution in [2.45, 2.75) is 32.4 Å². The Balaban J connectivity index is 2.81. The van der Waals surface area contributed by atoms with E-state index in [2.05, 4.69) is 5.32 Å². The molecule has 104 valence electrons. The van der Waals surface area contributed by atoms with Crippen LogP contribution in [0, 0.1) is 5.92 Å². The number of carboxylic acids is 1. The molecule has 0 fully saturated rings. The van der Waals surface area contributed by atoms with Gasteiger partial charge in [-0.3, -0.25) is 4.79 Å². The summed E-state index contributed by atoms with van der Waals surface area (Å²) in [5.74, 6) is -1.54. The molecule has 0 aliphatic rings. The summed E-state index contributed by atoms with van der Waals surface area (Å²) in [5, 5.41) is 11.7. The second kappa shape index (κ2) is 6.89. The van der Waals surface area contributed by atoms with E-state index in [0.29, 0.717) is 5.56 Å². The van der Waals surface area contributed by atoms with Crippen molar-refractivity contribution < 1.29 is 14.7 Å². The first kappa shape index (κ1) is 15.2. The average Bonchev–Trinajstić information content (AvgIpc) is 2.43. The van der Waals surface area contributed by atoms with Gasteiger partial charge in [-0.25, -0.2) is 4.79 Å². The molecule has 0 aromatic heterocycles. The van der Waals surface area contributed by atoms with E-state index in [-0.39, 0.29) is 5.92 Å². The van der Waals surface area contributed by atoms with Crippen LogP contribution < -0.4 is 11.1 Å². The fraction of sp³-hybridized carbons (Fsp3) is 0.429. The van der Waals surface area contributed by atoms with Crippen molar-refractivity contribution in [2.75, 3.05) is 0 Å². The van der Waals surface area contributed by atoms with Gasteiger partial charge in [-0.05, 0) is 11.5 Å². The van der Waals surface area contributed by atoms with Crippen molar-refractivity contribution in [1.29, 1.82) is 0 Å². The minimum Gasteiger partial charge on any atom is -0.479 e. The highest BCUT2D eigenvalue weighted by atomic mass is 16.4. The SMILES string of the molecule is CCC(C)C(N)C(=O)NC(C(=O)O)c1ccccc1. The summed E-state index contributed by atoms with van der Waals surface area (Å²) >= 11 is 0. The Morgan fingerprint density at radius 1 is 1.32 bits per heavy atom. The monoisotopic (exact) mass is 264 g/mol. The summed E-state index contributed by atoms with van der Waals surface area (Å²) in [6.45, 7) is 3.80. The maximum Gasteiger partial charge on any atom is 0.330 e. The molecule has 0 aliphatic heterocycles. The molecule has 0 spiro atoms. The van der Waals surface area contributed by atoms with Gasteiger partial charge in [0.05, 0.1) is 6.04 Å². The summed E-state index contributed by atoms with van der Waals surface area (Å²) in [4.78, 5) is 23.2. The van der Waals surface area contributed by atoms with Crippen LogP contribution in [-0.2, 0) is 9.59 Å². The lowest BCUT2D eigenvalue weighted by Gasteiger charge is -2.21. The topological polar surface area (TPSA) is 92.4 Å². The van der Waals surface area contributed by atoms with Crippen LogP contribution in [0.1, 0.15) is 31.9 Å². The van der Waals surface area contributed by atoms with E-state index in [1.54, 1.807) is 30.3 Å². The molecule has 0 heterocycles. The van der Waals surface area contributed by atoms with E-state index in [1.807, 2.05) is 13.8 Å². The number of nitrogens with one attached hydrogen (secondary N) is 1. The van der Waals surface area contributed by atoms with Gasteiger partial charge in [0, 0.05) is 0 Å². The molecule has 19 heavy (non-hydrogen) atoms. The number of nitrogens with two attached hydrogens (primary N) is 1. The van der Waals surface area contributed by atoms with E-state index < -0.39 is 24.0 Å². The molecule has 3 atom stereocenters. The molecule has 0 saturated carbocycles. The first-order chi connectivity index (χ1) is 8.97. The van der Waals surface area contributed by atoms with E-state index in [4.69, 9.17) is 5.73 Å². The molecule has 4 N–H and O–H groups in total. The fourth-order valence-electron chi connectivity index (χ4n) is 1.68. The van der Waals surface area contributed by atoms with Crippen LogP contribution in [0.2, 0.25) is 0 Å². The second-order valence-corrected chi connectivity index (χ2v) is 4.60. The Morgan fingerprint density at radius 3 is 2.37 bits per heavy atom. The van der Waals surface area contributed by atoms with Crippen molar-refractivity contribution >= 4 is 11.9 Å². The van der Waals surface area contributed by atoms with E-state index in [9.17, 15) is 14.7 Å². The summed E-state index contributed by atoms with van der Waals surface area (Å²) in [5.41, 5.74) is 6.32. The average molecular weight is 264 g/mol. The predicted molar refractivity (Wildman–Crippen MR) is 72.4 cm³/mol. The van der Waals surface area contributed by atoms with Crippen LogP contribution >= 0.6 is 0 Å². The molecule has 5 heteroatoms. The van der Waals surface area contributed by atoms with Crippen molar-refractivity contribution in [3.63, 3.8) is 0 Å². The molecule has 1 amide bonds. The summed E-state index contributed by atoms with van der Waals surface area (Å²) in [6.07, 6.45) is 0.762. The van der Waals surface area contributed by atoms with Crippen molar-refractivity contribution in [3.05, 3.63) is 35.9 Å². The van der Waals surface area contributed by atoms with Crippen LogP contribution in [0.5, 0.6) is 0 Å². The van der Waals surface area contributed by atoms with Gasteiger partial charge in [0.2, 0.25) is 5.91 Å². The van der Waals surface area contributed by atoms with E-state index in [0.717, 1.165) is 6.42 Å². The number of carboxylic acid groups (broad SMARTS) is 1. The van der Waals surface area contributed by atoms with Crippen molar-refractivity contribution in [2.24, 2.45) is 11.7 Å². The number of amides is 1. The lowest BCUT2D eigenvalue weighted by molar-refractivity contribution is -0.142. The predicted octanol–water partition coefficient (Wildman–Crippen LogP) is 1.30. The normalized spacial score (nSPS) is 15.3. The Hall–Kier alpha value is -1.88. The van der Waals surface area contributed by atoms with Crippen LogP contribution in [0.4, 0.5) is 0 Å². The molecule has 1 rings (SSSR count). The largest absolute Gasteiger partial charge is 0.479 e. The summed E-state index contributed by atoms with van der Waals surface area (Å²) < 4.78 is 0. The lowest BCUT2D eigenvalue weighted by Crippen LogP contribution is -2.47. The molecule has 0 saturated heterocycles. The Labute approximate surface area is 112 Å². The smallest absolute Gasteiger partial charge is 0.330 e. The zero-order valence-electron chi connectivity index (χ0n) is 11.2. The van der Waals surface area contributed by atoms with Crippen LogP contribution in [0.3, 0.4) is 0 Å². The number of benzene rings is 1. The third kappa shape index (κ3) is 4.06. The number of rotatable bonds is 6. The van der Waals surface area contributed by atoms with Gasteiger partial charge >= 0.3 is 5.97 Å². The Kier molecular flexibility index (Phi) is 5.51. The first-order valence-corrected chi connectivity index (χ1v) is 6.31. The van der Waals surface area contributed by atoms with Gasteiger partial charge in [0.25, 0.3) is 0 Å². The van der Waals surface area contributed by atoms with Gasteiger partial charge in [-0.15, -0.1) is 0 Å². The standard InChI is InChI=1S/C14H20N2O3/c1-3-9(2)11(15)13(17)16-12(14(18)19)10-7-5-4-6-8-10/h4-9,11-12H,3,15H2,1-2H3,(H,16,17)(H,18,19). The first-order valence-electron chi connectivity index (χ1n) is 6.31. The number of carbonyl (C=O) groups excluding carboxylic acids is 1. The Morgan fingerprint density at radius 2 is 1.89 bits per heavy atom. The number of hydrogen-bond acceptors (Lipinski definition) is 3. The maximum absolute atomic E-state index is 11.9. The summed E-state index contributed by atoms with van der Waals surface area (Å²) in [6, 6.07) is 6.80. The van der Waals surface area contributed by atoms with Crippen LogP contribution in [0.25, 0.3) is 0 Å². The molecular weight excluding hydrogens is 244 g/mol. The quantitative estimate of drug-likeness (QED) is 0.722. The highest BCUT2D eigenvalue weighted by Crippen LogP contribution is 2.14. The molecule has 1 aromatic rings. The minimum absolute atomic E-state index is 0.00483. The molecule has 3 unspecified atom stereocenters. The van der Waals surface area contributed by atoms with Crippen molar-refractivity contribution in [1.82, 2.24) is 5.32 Å². The van der Waals surface area contributed by atoms with Crippen molar-refractivity contribution in [3.8, 4) is 0 Å². The number of carbonyl (C=O) groups is 2. The fourth-order valence-corrected chi connectivity index (χ4v) is 1.68. The zero-order valence-corrected chi connectivity index (χ0v) is 11.2. The van der Waals surface area contributed by atoms with Gasteiger partial charge in [-0.2, -0.15) is 0 Å². The minimum atomic E-state index is -1.10. The zero-order chi connectivity index (χ0) is 14.4. The number of hydrogen-bond donors (Lipinski definition) is 3. The van der Waals surface area contributed by atoms with Crippen LogP contribution in [-0.4, -0.2) is 23.0 Å². The highest BCUT2D eigenvalue weighted by Gasteiger charge is 2.26. The summed E-state index contributed by atoms with van der Waals surface area (Å²) in [7, 11) is 0. The third-order valence-corrected chi connectivity index (χ3v) is 3.23. The second-order valence-electron chi connectivity index (χ2n) is 4.60. The molecule has 5 nitrogen and oxygen atoms in total. The maximum atomic E-state index is 11.9. The van der Waals surface area contributed by atoms with Crippen LogP contribution in [0.15, 0.2) is 30.3 Å². The van der Waals surface area contributed by atoms with Gasteiger partial charge in [-0.1, -0.05) is 50.6 Å². The van der Waals surface area contributed by atoms with Gasteiger partial charge in [0.1, 0.15) is 0 Å². The third-order valence-electron chi connectivity index (χ3n) is 3.23. The molecule has 0 radical (unpaired) electrons. The molecular formula is C14H20N2O3. The van der Waals surface area contributed by atoms with E-state index in [1.165, 1.54) is 0 Å². The molecule has 1 aromatic carbocycles. The van der Waals surface area contributed by atoms with Gasteiger partial charge < -0.3 is 16.2 Å². The van der Waals surface area contributed by atoms with E-state index >= 15 is 0 Å². The Bertz CT molecular complexity index is 434.